The summed E-state index contributed by atoms with van der Waals surface area (Å²) >= 11 is 0. The van der Waals surface area contributed by atoms with Crippen LogP contribution in [0.1, 0.15) is 36.7 Å². The van der Waals surface area contributed by atoms with Gasteiger partial charge in [-0.1, -0.05) is 48.5 Å². The Balaban J connectivity index is 1.87. The molecule has 0 saturated heterocycles. The molecule has 4 rings (SSSR count). The molecule has 0 radical (unpaired) electrons. The minimum atomic E-state index is -3.46. The van der Waals surface area contributed by atoms with Crippen LogP contribution in [-0.4, -0.2) is 35.0 Å². The Labute approximate surface area is 198 Å². The number of hydrogen-bond donors (Lipinski definition) is 2. The molecule has 3 aromatic carbocycles. The first-order chi connectivity index (χ1) is 16.2. The molecule has 0 saturated carbocycles. The largest absolute Gasteiger partial charge is 0.494 e. The van der Waals surface area contributed by atoms with E-state index in [4.69, 9.17) is 4.99 Å². The number of nitrogens with one attached hydrogen (secondary N) is 1. The summed E-state index contributed by atoms with van der Waals surface area (Å²) in [6.07, 6.45) is 0. The molecule has 174 valence electrons. The van der Waals surface area contributed by atoms with Gasteiger partial charge in [0.15, 0.2) is 0 Å². The maximum atomic E-state index is 12.3. The van der Waals surface area contributed by atoms with Crippen molar-refractivity contribution in [3.8, 4) is 5.88 Å². The number of anilines is 1. The number of aliphatic imine (C=N–C) groups is 1. The third-order valence-electron chi connectivity index (χ3n) is 5.44. The zero-order valence-corrected chi connectivity index (χ0v) is 19.9. The molecular formula is C26H25N3O4S. The quantitative estimate of drug-likeness (QED) is 0.368. The molecule has 0 amide bonds. The molecule has 1 aromatic heterocycles. The molecule has 0 aliphatic rings. The summed E-state index contributed by atoms with van der Waals surface area (Å²) in [5, 5.41) is 11.2. The number of nitrogens with zero attached hydrogens (tertiary/aromatic N) is 2. The second-order valence-electron chi connectivity index (χ2n) is 8.14. The lowest BCUT2D eigenvalue weighted by atomic mass is 10.0. The number of carbonyl (C=O) groups is 1. The number of para-hydroxylation sites is 1. The Morgan fingerprint density at radius 2 is 1.56 bits per heavy atom. The van der Waals surface area contributed by atoms with Crippen LogP contribution in [0.4, 0.5) is 11.4 Å². The Morgan fingerprint density at radius 1 is 0.941 bits per heavy atom. The summed E-state index contributed by atoms with van der Waals surface area (Å²) in [6, 6.07) is 23.3. The highest BCUT2D eigenvalue weighted by Gasteiger charge is 2.24. The molecule has 2 N–H and O–H groups in total. The molecule has 0 spiro atoms. The van der Waals surface area contributed by atoms with Gasteiger partial charge in [0.05, 0.1) is 27.7 Å². The molecule has 1 heterocycles. The van der Waals surface area contributed by atoms with E-state index in [1.165, 1.54) is 11.5 Å². The van der Waals surface area contributed by atoms with Gasteiger partial charge in [-0.25, -0.2) is 13.4 Å². The normalized spacial score (nSPS) is 12.3. The van der Waals surface area contributed by atoms with Crippen molar-refractivity contribution in [1.29, 1.82) is 0 Å². The smallest absolute Gasteiger partial charge is 0.235 e. The molecule has 4 aromatic rings. The number of carbonyl (C=O) groups excluding carboxylic acids is 1. The van der Waals surface area contributed by atoms with Crippen LogP contribution in [-0.2, 0) is 10.0 Å². The standard InChI is InChI=1S/C26H25N3O4S/c1-17(2)34(32,33)28-21-15-13-20(14-16-21)27-25(19-9-5-4-6-10-19)24-22-11-7-8-12-23(22)29(18(3)30)26(24)31/h4-17,28,31H,1-3H3. The average Bonchev–Trinajstić information content (AvgIpc) is 3.10. The van der Waals surface area contributed by atoms with Gasteiger partial charge in [-0.2, -0.15) is 0 Å². The minimum Gasteiger partial charge on any atom is -0.494 e. The molecule has 7 nitrogen and oxygen atoms in total. The fourth-order valence-electron chi connectivity index (χ4n) is 3.65. The van der Waals surface area contributed by atoms with Gasteiger partial charge in [0.1, 0.15) is 0 Å². The van der Waals surface area contributed by atoms with Crippen LogP contribution in [0.15, 0.2) is 83.9 Å². The molecule has 0 fully saturated rings. The van der Waals surface area contributed by atoms with Crippen molar-refractivity contribution in [3.63, 3.8) is 0 Å². The summed E-state index contributed by atoms with van der Waals surface area (Å²) in [6.45, 7) is 4.61. The van der Waals surface area contributed by atoms with E-state index in [0.29, 0.717) is 33.6 Å². The Hall–Kier alpha value is -3.91. The summed E-state index contributed by atoms with van der Waals surface area (Å²) in [5.41, 5.74) is 3.28. The lowest BCUT2D eigenvalue weighted by Crippen LogP contribution is -2.22. The number of aromatic hydroxyl groups is 1. The molecule has 34 heavy (non-hydrogen) atoms. The first-order valence-corrected chi connectivity index (χ1v) is 12.3. The van der Waals surface area contributed by atoms with E-state index < -0.39 is 15.3 Å². The predicted molar refractivity (Wildman–Crippen MR) is 136 cm³/mol. The van der Waals surface area contributed by atoms with E-state index in [2.05, 4.69) is 4.72 Å². The van der Waals surface area contributed by atoms with Crippen LogP contribution in [0.3, 0.4) is 0 Å². The first kappa shape index (κ1) is 23.3. The Bertz CT molecular complexity index is 1490. The summed E-state index contributed by atoms with van der Waals surface area (Å²) in [4.78, 5) is 17.1. The van der Waals surface area contributed by atoms with Crippen molar-refractivity contribution in [2.24, 2.45) is 4.99 Å². The monoisotopic (exact) mass is 475 g/mol. The summed E-state index contributed by atoms with van der Waals surface area (Å²) in [5.74, 6) is -0.494. The van der Waals surface area contributed by atoms with E-state index in [9.17, 15) is 18.3 Å². The lowest BCUT2D eigenvalue weighted by molar-refractivity contribution is 0.0933. The highest BCUT2D eigenvalue weighted by atomic mass is 32.2. The van der Waals surface area contributed by atoms with Gasteiger partial charge in [0.25, 0.3) is 0 Å². The minimum absolute atomic E-state index is 0.183. The summed E-state index contributed by atoms with van der Waals surface area (Å²) < 4.78 is 28.1. The predicted octanol–water partition coefficient (Wildman–Crippen LogP) is 5.33. The van der Waals surface area contributed by atoms with E-state index in [0.717, 1.165) is 5.56 Å². The van der Waals surface area contributed by atoms with Crippen molar-refractivity contribution >= 4 is 43.9 Å². The number of rotatable bonds is 6. The molecule has 0 aliphatic carbocycles. The average molecular weight is 476 g/mol. The van der Waals surface area contributed by atoms with Crippen LogP contribution < -0.4 is 4.72 Å². The molecule has 0 bridgehead atoms. The van der Waals surface area contributed by atoms with Gasteiger partial charge in [-0.05, 0) is 44.2 Å². The van der Waals surface area contributed by atoms with Crippen molar-refractivity contribution in [1.82, 2.24) is 4.57 Å². The van der Waals surface area contributed by atoms with E-state index in [1.54, 1.807) is 50.2 Å². The van der Waals surface area contributed by atoms with Gasteiger partial charge in [-0.15, -0.1) is 0 Å². The van der Waals surface area contributed by atoms with Crippen molar-refractivity contribution in [2.75, 3.05) is 4.72 Å². The zero-order valence-electron chi connectivity index (χ0n) is 19.1. The highest BCUT2D eigenvalue weighted by molar-refractivity contribution is 7.93. The second kappa shape index (κ2) is 9.15. The van der Waals surface area contributed by atoms with E-state index >= 15 is 0 Å². The van der Waals surface area contributed by atoms with Crippen molar-refractivity contribution in [2.45, 2.75) is 26.0 Å². The highest BCUT2D eigenvalue weighted by Crippen LogP contribution is 2.34. The first-order valence-electron chi connectivity index (χ1n) is 10.8. The maximum Gasteiger partial charge on any atom is 0.235 e. The SMILES string of the molecule is CC(=O)n1c(O)c(C(=Nc2ccc(NS(=O)(=O)C(C)C)cc2)c2ccccc2)c2ccccc21. The lowest BCUT2D eigenvalue weighted by Gasteiger charge is -2.11. The zero-order chi connectivity index (χ0) is 24.5. The molecule has 0 aliphatic heterocycles. The van der Waals surface area contributed by atoms with Gasteiger partial charge < -0.3 is 5.11 Å². The van der Waals surface area contributed by atoms with Crippen LogP contribution in [0.5, 0.6) is 5.88 Å². The van der Waals surface area contributed by atoms with Gasteiger partial charge in [-0.3, -0.25) is 14.1 Å². The Kier molecular flexibility index (Phi) is 6.26. The number of aromatic nitrogens is 1. The molecular weight excluding hydrogens is 450 g/mol. The third-order valence-corrected chi connectivity index (χ3v) is 7.20. The fourth-order valence-corrected chi connectivity index (χ4v) is 4.35. The van der Waals surface area contributed by atoms with Crippen LogP contribution in [0, 0.1) is 0 Å². The number of hydrogen-bond acceptors (Lipinski definition) is 5. The number of fused-ring (bicyclic) bond motifs is 1. The second-order valence-corrected chi connectivity index (χ2v) is 10.4. The topological polar surface area (TPSA) is 101 Å². The van der Waals surface area contributed by atoms with Gasteiger partial charge >= 0.3 is 0 Å². The number of sulfonamides is 1. The molecule has 8 heteroatoms. The maximum absolute atomic E-state index is 12.3. The van der Waals surface area contributed by atoms with Crippen LogP contribution in [0.25, 0.3) is 10.9 Å². The number of benzene rings is 3. The Morgan fingerprint density at radius 3 is 2.18 bits per heavy atom. The molecule has 0 unspecified atom stereocenters. The van der Waals surface area contributed by atoms with Crippen LogP contribution >= 0.6 is 0 Å². The van der Waals surface area contributed by atoms with Gasteiger partial charge in [0, 0.05) is 23.6 Å². The van der Waals surface area contributed by atoms with Crippen molar-refractivity contribution < 1.29 is 18.3 Å². The van der Waals surface area contributed by atoms with Gasteiger partial charge in [0.2, 0.25) is 21.8 Å². The van der Waals surface area contributed by atoms with Crippen molar-refractivity contribution in [3.05, 3.63) is 90.0 Å². The third kappa shape index (κ3) is 4.45. The van der Waals surface area contributed by atoms with Crippen LogP contribution in [0.2, 0.25) is 0 Å². The van der Waals surface area contributed by atoms with E-state index in [-0.39, 0.29) is 11.8 Å². The molecule has 0 atom stereocenters. The fraction of sp³-hybridized carbons (Fsp3) is 0.154. The summed E-state index contributed by atoms with van der Waals surface area (Å²) in [7, 11) is -3.46. The van der Waals surface area contributed by atoms with E-state index in [1.807, 2.05) is 42.5 Å².